The molecule has 2 amide bonds. The first kappa shape index (κ1) is 30.7. The number of carbonyl (C=O) groups is 2. The maximum absolute atomic E-state index is 15.1. The summed E-state index contributed by atoms with van der Waals surface area (Å²) in [5, 5.41) is 9.01. The lowest BCUT2D eigenvalue weighted by molar-refractivity contribution is -0.136. The van der Waals surface area contributed by atoms with Gasteiger partial charge in [-0.05, 0) is 99.1 Å². The van der Waals surface area contributed by atoms with Crippen molar-refractivity contribution in [1.29, 1.82) is 0 Å². The summed E-state index contributed by atoms with van der Waals surface area (Å²) in [5.41, 5.74) is 4.08. The van der Waals surface area contributed by atoms with Gasteiger partial charge in [0.05, 0.1) is 13.7 Å². The highest BCUT2D eigenvalue weighted by Gasteiger charge is 2.19. The van der Waals surface area contributed by atoms with E-state index >= 15 is 4.39 Å². The van der Waals surface area contributed by atoms with E-state index in [-0.39, 0.29) is 11.4 Å². The van der Waals surface area contributed by atoms with E-state index in [9.17, 15) is 9.59 Å². The number of halogens is 1. The predicted molar refractivity (Wildman–Crippen MR) is 167 cm³/mol. The molecule has 4 aromatic rings. The molecular weight excluding hydrogens is 563 g/mol. The number of anilines is 1. The Morgan fingerprint density at radius 3 is 2.50 bits per heavy atom. The summed E-state index contributed by atoms with van der Waals surface area (Å²) in [5.74, 6) is -0.545. The topological polar surface area (TPSA) is 111 Å². The molecule has 0 radical (unpaired) electrons. The maximum atomic E-state index is 15.1. The summed E-state index contributed by atoms with van der Waals surface area (Å²) in [6.07, 6.45) is 4.26. The van der Waals surface area contributed by atoms with Gasteiger partial charge >= 0.3 is 11.8 Å². The van der Waals surface area contributed by atoms with Crippen molar-refractivity contribution in [3.63, 3.8) is 0 Å². The lowest BCUT2D eigenvalue weighted by atomic mass is 9.99. The third kappa shape index (κ3) is 7.44. The number of aryl methyl sites for hydroxylation is 2. The van der Waals surface area contributed by atoms with E-state index < -0.39 is 17.6 Å². The number of nitrogens with one attached hydrogen (secondary N) is 3. The number of aromatic nitrogens is 1. The van der Waals surface area contributed by atoms with Crippen LogP contribution in [0.15, 0.2) is 60.8 Å². The van der Waals surface area contributed by atoms with Gasteiger partial charge in [-0.15, -0.1) is 0 Å². The maximum Gasteiger partial charge on any atom is 0.313 e. The molecule has 3 N–H and O–H groups in total. The van der Waals surface area contributed by atoms with Crippen LogP contribution in [0, 0.1) is 25.6 Å². The summed E-state index contributed by atoms with van der Waals surface area (Å²) < 4.78 is 32.8. The van der Waals surface area contributed by atoms with E-state index in [4.69, 9.17) is 14.2 Å². The molecule has 2 heterocycles. The molecule has 1 aliphatic rings. The third-order valence-corrected chi connectivity index (χ3v) is 7.81. The highest BCUT2D eigenvalue weighted by molar-refractivity contribution is 6.39. The zero-order chi connectivity index (χ0) is 31.1. The second-order valence-corrected chi connectivity index (χ2v) is 10.9. The average Bonchev–Trinajstić information content (AvgIpc) is 3.03. The number of nitrogens with zero attached hydrogens (tertiary/aromatic N) is 1. The van der Waals surface area contributed by atoms with E-state index in [0.29, 0.717) is 53.6 Å². The summed E-state index contributed by atoms with van der Waals surface area (Å²) in [6, 6.07) is 15.3. The zero-order valence-electron chi connectivity index (χ0n) is 25.2. The molecule has 1 fully saturated rings. The number of ether oxygens (including phenoxy) is 3. The second kappa shape index (κ2) is 14.2. The summed E-state index contributed by atoms with van der Waals surface area (Å²) >= 11 is 0. The monoisotopic (exact) mass is 600 g/mol. The number of hydrogen-bond acceptors (Lipinski definition) is 7. The molecule has 9 nitrogen and oxygen atoms in total. The van der Waals surface area contributed by atoms with Gasteiger partial charge in [0.2, 0.25) is 0 Å². The molecule has 1 aromatic heterocycles. The van der Waals surface area contributed by atoms with E-state index in [1.54, 1.807) is 25.4 Å². The number of amides is 2. The SMILES string of the molecule is COc1c(OCC2CCNCC2)ccc2c(Oc3ccc(NC(=O)C(=O)NCCc4ccc(C)c(C)c4)cc3F)ccnc12. The van der Waals surface area contributed by atoms with Gasteiger partial charge in [0.15, 0.2) is 23.1 Å². The molecular formula is C34H37FN4O5. The molecule has 0 saturated carbocycles. The minimum atomic E-state index is -0.886. The molecule has 10 heteroatoms. The molecule has 3 aromatic carbocycles. The van der Waals surface area contributed by atoms with Crippen LogP contribution in [0.3, 0.4) is 0 Å². The lowest BCUT2D eigenvalue weighted by Crippen LogP contribution is -2.36. The van der Waals surface area contributed by atoms with Crippen molar-refractivity contribution in [2.45, 2.75) is 33.1 Å². The Bertz CT molecular complexity index is 1650. The van der Waals surface area contributed by atoms with E-state index in [1.165, 1.54) is 23.3 Å². The quantitative estimate of drug-likeness (QED) is 0.207. The minimum absolute atomic E-state index is 0.0569. The Hall–Kier alpha value is -4.70. The van der Waals surface area contributed by atoms with Crippen LogP contribution < -0.4 is 30.2 Å². The number of carbonyl (C=O) groups excluding carboxylic acids is 2. The standard InChI is InChI=1S/C34H37FN4O5/c1-21-4-5-23(18-22(21)2)12-16-38-33(40)34(41)39-25-6-8-29(27(35)19-25)44-28-13-17-37-31-26(28)7-9-30(32(31)42-3)43-20-24-10-14-36-15-11-24/h4-9,13,17-19,24,36H,10-12,14-16,20H2,1-3H3,(H,38,40)(H,39,41). The fraction of sp³-hybridized carbons (Fsp3) is 0.324. The molecule has 0 atom stereocenters. The smallest absolute Gasteiger partial charge is 0.313 e. The molecule has 0 spiro atoms. The normalized spacial score (nSPS) is 13.4. The Kier molecular flexibility index (Phi) is 9.91. The van der Waals surface area contributed by atoms with E-state index in [2.05, 4.69) is 27.0 Å². The number of rotatable bonds is 10. The first-order valence-corrected chi connectivity index (χ1v) is 14.7. The van der Waals surface area contributed by atoms with Crippen molar-refractivity contribution in [2.24, 2.45) is 5.92 Å². The predicted octanol–water partition coefficient (Wildman–Crippen LogP) is 5.47. The lowest BCUT2D eigenvalue weighted by Gasteiger charge is -2.23. The molecule has 0 unspecified atom stereocenters. The van der Waals surface area contributed by atoms with Crippen LogP contribution in [-0.2, 0) is 16.0 Å². The number of fused-ring (bicyclic) bond motifs is 1. The fourth-order valence-electron chi connectivity index (χ4n) is 5.13. The molecule has 0 bridgehead atoms. The van der Waals surface area contributed by atoms with Crippen LogP contribution in [-0.4, -0.2) is 50.1 Å². The molecule has 1 aliphatic heterocycles. The second-order valence-electron chi connectivity index (χ2n) is 10.9. The number of benzene rings is 3. The first-order chi connectivity index (χ1) is 21.3. The summed E-state index contributed by atoms with van der Waals surface area (Å²) in [6.45, 7) is 6.92. The van der Waals surface area contributed by atoms with Gasteiger partial charge < -0.3 is 30.2 Å². The van der Waals surface area contributed by atoms with Gasteiger partial charge in [-0.25, -0.2) is 4.39 Å². The van der Waals surface area contributed by atoms with E-state index in [1.807, 2.05) is 32.0 Å². The van der Waals surface area contributed by atoms with Crippen molar-refractivity contribution in [2.75, 3.05) is 38.7 Å². The molecule has 5 rings (SSSR count). The third-order valence-electron chi connectivity index (χ3n) is 7.81. The number of piperidine rings is 1. The Labute approximate surface area is 256 Å². The van der Waals surface area contributed by atoms with Crippen LogP contribution in [0.4, 0.5) is 10.1 Å². The van der Waals surface area contributed by atoms with Crippen molar-refractivity contribution < 1.29 is 28.2 Å². The van der Waals surface area contributed by atoms with Crippen molar-refractivity contribution >= 4 is 28.4 Å². The van der Waals surface area contributed by atoms with Gasteiger partial charge in [-0.1, -0.05) is 18.2 Å². The van der Waals surface area contributed by atoms with E-state index in [0.717, 1.165) is 37.6 Å². The van der Waals surface area contributed by atoms with Gasteiger partial charge in [0.1, 0.15) is 11.3 Å². The summed E-state index contributed by atoms with van der Waals surface area (Å²) in [7, 11) is 1.55. The Morgan fingerprint density at radius 2 is 1.75 bits per heavy atom. The van der Waals surface area contributed by atoms with Crippen LogP contribution >= 0.6 is 0 Å². The van der Waals surface area contributed by atoms with Crippen molar-refractivity contribution in [3.05, 3.63) is 83.3 Å². The van der Waals surface area contributed by atoms with Crippen LogP contribution in [0.1, 0.15) is 29.5 Å². The Balaban J connectivity index is 1.21. The molecule has 0 aliphatic carbocycles. The molecule has 44 heavy (non-hydrogen) atoms. The van der Waals surface area contributed by atoms with Gasteiger partial charge in [-0.3, -0.25) is 14.6 Å². The number of pyridine rings is 1. The van der Waals surface area contributed by atoms with Crippen LogP contribution in [0.25, 0.3) is 10.9 Å². The van der Waals surface area contributed by atoms with Gasteiger partial charge in [-0.2, -0.15) is 0 Å². The largest absolute Gasteiger partial charge is 0.491 e. The number of hydrogen-bond donors (Lipinski definition) is 3. The van der Waals surface area contributed by atoms with Crippen LogP contribution in [0.2, 0.25) is 0 Å². The highest BCUT2D eigenvalue weighted by Crippen LogP contribution is 2.40. The average molecular weight is 601 g/mol. The first-order valence-electron chi connectivity index (χ1n) is 14.7. The van der Waals surface area contributed by atoms with Crippen molar-refractivity contribution in [1.82, 2.24) is 15.6 Å². The van der Waals surface area contributed by atoms with Gasteiger partial charge in [0, 0.05) is 29.9 Å². The minimum Gasteiger partial charge on any atom is -0.491 e. The van der Waals surface area contributed by atoms with Crippen LogP contribution in [0.5, 0.6) is 23.0 Å². The summed E-state index contributed by atoms with van der Waals surface area (Å²) in [4.78, 5) is 29.2. The fourth-order valence-corrected chi connectivity index (χ4v) is 5.13. The van der Waals surface area contributed by atoms with Gasteiger partial charge in [0.25, 0.3) is 0 Å². The Morgan fingerprint density at radius 1 is 0.955 bits per heavy atom. The number of methoxy groups -OCH3 is 1. The molecule has 230 valence electrons. The zero-order valence-corrected chi connectivity index (χ0v) is 25.2. The highest BCUT2D eigenvalue weighted by atomic mass is 19.1. The van der Waals surface area contributed by atoms with Crippen molar-refractivity contribution in [3.8, 4) is 23.0 Å². The molecule has 1 saturated heterocycles.